The summed E-state index contributed by atoms with van der Waals surface area (Å²) < 4.78 is 5.48. The molecular formula is C18H24N4OS. The molecule has 0 amide bonds. The number of nitrogens with one attached hydrogen (secondary N) is 2. The van der Waals surface area contributed by atoms with Crippen LogP contribution in [-0.2, 0) is 6.54 Å². The van der Waals surface area contributed by atoms with Crippen molar-refractivity contribution < 1.29 is 4.74 Å². The highest BCUT2D eigenvalue weighted by Crippen LogP contribution is 2.30. The van der Waals surface area contributed by atoms with Gasteiger partial charge in [-0.15, -0.1) is 0 Å². The standard InChI is InChI=1S/C18H24N4OS/c1-19-18(20-11-14-8-10-24-13-14)21-15-7-9-22(12-15)16-5-3-4-6-17(16)23-2/h3-6,8,10,13,15H,7,9,11-12H2,1-2H3,(H2,19,20,21). The van der Waals surface area contributed by atoms with Crippen LogP contribution in [0, 0.1) is 0 Å². The van der Waals surface area contributed by atoms with Crippen LogP contribution in [0.4, 0.5) is 5.69 Å². The lowest BCUT2D eigenvalue weighted by Crippen LogP contribution is -2.44. The zero-order chi connectivity index (χ0) is 16.8. The van der Waals surface area contributed by atoms with Crippen LogP contribution in [0.2, 0.25) is 0 Å². The normalized spacial score (nSPS) is 17.8. The maximum absolute atomic E-state index is 5.48. The molecule has 1 aromatic carbocycles. The first-order valence-electron chi connectivity index (χ1n) is 8.16. The van der Waals surface area contributed by atoms with Crippen molar-refractivity contribution in [2.75, 3.05) is 32.1 Å². The first kappa shape index (κ1) is 16.6. The third-order valence-corrected chi connectivity index (χ3v) is 4.95. The molecule has 24 heavy (non-hydrogen) atoms. The van der Waals surface area contributed by atoms with Gasteiger partial charge in [-0.25, -0.2) is 0 Å². The zero-order valence-corrected chi connectivity index (χ0v) is 15.0. The predicted molar refractivity (Wildman–Crippen MR) is 101 cm³/mol. The van der Waals surface area contributed by atoms with Gasteiger partial charge in [0.25, 0.3) is 0 Å². The van der Waals surface area contributed by atoms with Gasteiger partial charge >= 0.3 is 0 Å². The second-order valence-electron chi connectivity index (χ2n) is 5.81. The summed E-state index contributed by atoms with van der Waals surface area (Å²) in [7, 11) is 3.54. The maximum Gasteiger partial charge on any atom is 0.191 e. The number of guanidine groups is 1. The number of hydrogen-bond donors (Lipinski definition) is 2. The van der Waals surface area contributed by atoms with Gasteiger partial charge in [-0.05, 0) is 40.9 Å². The molecule has 0 aliphatic carbocycles. The van der Waals surface area contributed by atoms with Crippen molar-refractivity contribution >= 4 is 23.0 Å². The van der Waals surface area contributed by atoms with Crippen molar-refractivity contribution in [3.63, 3.8) is 0 Å². The summed E-state index contributed by atoms with van der Waals surface area (Å²) in [5, 5.41) is 11.1. The quantitative estimate of drug-likeness (QED) is 0.647. The van der Waals surface area contributed by atoms with E-state index in [1.165, 1.54) is 5.56 Å². The van der Waals surface area contributed by atoms with E-state index in [1.54, 1.807) is 18.4 Å². The molecule has 0 radical (unpaired) electrons. The van der Waals surface area contributed by atoms with Gasteiger partial charge in [0.15, 0.2) is 5.96 Å². The third-order valence-electron chi connectivity index (χ3n) is 4.22. The van der Waals surface area contributed by atoms with Crippen LogP contribution < -0.4 is 20.3 Å². The number of thiophene rings is 1. The minimum Gasteiger partial charge on any atom is -0.495 e. The molecule has 3 rings (SSSR count). The Balaban J connectivity index is 1.55. The van der Waals surface area contributed by atoms with Crippen LogP contribution in [0.5, 0.6) is 5.75 Å². The average Bonchev–Trinajstić information content (AvgIpc) is 3.30. The van der Waals surface area contributed by atoms with Gasteiger partial charge in [0.05, 0.1) is 12.8 Å². The molecule has 1 atom stereocenters. The summed E-state index contributed by atoms with van der Waals surface area (Å²) in [6.45, 7) is 2.76. The molecule has 5 nitrogen and oxygen atoms in total. The Labute approximate surface area is 147 Å². The molecule has 2 aromatic rings. The minimum atomic E-state index is 0.378. The molecule has 1 fully saturated rings. The van der Waals surface area contributed by atoms with Crippen molar-refractivity contribution in [1.29, 1.82) is 0 Å². The second kappa shape index (κ2) is 8.06. The van der Waals surface area contributed by atoms with Crippen LogP contribution in [0.25, 0.3) is 0 Å². The highest BCUT2D eigenvalue weighted by molar-refractivity contribution is 7.07. The first-order valence-corrected chi connectivity index (χ1v) is 9.10. The van der Waals surface area contributed by atoms with Gasteiger partial charge in [-0.2, -0.15) is 11.3 Å². The zero-order valence-electron chi connectivity index (χ0n) is 14.2. The van der Waals surface area contributed by atoms with Crippen molar-refractivity contribution in [2.24, 2.45) is 4.99 Å². The van der Waals surface area contributed by atoms with E-state index in [0.29, 0.717) is 6.04 Å². The topological polar surface area (TPSA) is 48.9 Å². The molecule has 1 aliphatic heterocycles. The van der Waals surface area contributed by atoms with E-state index in [1.807, 2.05) is 19.2 Å². The van der Waals surface area contributed by atoms with E-state index in [9.17, 15) is 0 Å². The second-order valence-corrected chi connectivity index (χ2v) is 6.59. The Hall–Kier alpha value is -2.21. The summed E-state index contributed by atoms with van der Waals surface area (Å²) >= 11 is 1.71. The molecule has 1 unspecified atom stereocenters. The van der Waals surface area contributed by atoms with Crippen molar-refractivity contribution in [3.8, 4) is 5.75 Å². The van der Waals surface area contributed by atoms with Gasteiger partial charge in [0, 0.05) is 32.7 Å². The maximum atomic E-state index is 5.48. The number of ether oxygens (including phenoxy) is 1. The molecule has 0 spiro atoms. The Morgan fingerprint density at radius 3 is 3.00 bits per heavy atom. The minimum absolute atomic E-state index is 0.378. The molecule has 2 N–H and O–H groups in total. The lowest BCUT2D eigenvalue weighted by Gasteiger charge is -2.22. The highest BCUT2D eigenvalue weighted by Gasteiger charge is 2.25. The smallest absolute Gasteiger partial charge is 0.191 e. The van der Waals surface area contributed by atoms with E-state index in [4.69, 9.17) is 4.74 Å². The Morgan fingerprint density at radius 2 is 2.25 bits per heavy atom. The van der Waals surface area contributed by atoms with Crippen molar-refractivity contribution in [3.05, 3.63) is 46.7 Å². The lowest BCUT2D eigenvalue weighted by atomic mass is 10.2. The van der Waals surface area contributed by atoms with Gasteiger partial charge in [-0.3, -0.25) is 4.99 Å². The average molecular weight is 344 g/mol. The van der Waals surface area contributed by atoms with E-state index in [0.717, 1.165) is 43.5 Å². The summed E-state index contributed by atoms with van der Waals surface area (Å²) in [5.74, 6) is 1.78. The lowest BCUT2D eigenvalue weighted by molar-refractivity contribution is 0.415. The number of aliphatic imine (C=N–C) groups is 1. The van der Waals surface area contributed by atoms with Gasteiger partial charge < -0.3 is 20.3 Å². The fourth-order valence-electron chi connectivity index (χ4n) is 2.95. The van der Waals surface area contributed by atoms with E-state index < -0.39 is 0 Å². The summed E-state index contributed by atoms with van der Waals surface area (Å²) in [4.78, 5) is 6.70. The number of hydrogen-bond acceptors (Lipinski definition) is 4. The molecular weight excluding hydrogens is 320 g/mol. The molecule has 0 saturated carbocycles. The number of rotatable bonds is 5. The number of nitrogens with zero attached hydrogens (tertiary/aromatic N) is 2. The van der Waals surface area contributed by atoms with Crippen LogP contribution in [-0.4, -0.2) is 39.2 Å². The Kier molecular flexibility index (Phi) is 5.59. The van der Waals surface area contributed by atoms with Gasteiger partial charge in [0.2, 0.25) is 0 Å². The molecule has 1 aromatic heterocycles. The highest BCUT2D eigenvalue weighted by atomic mass is 32.1. The third kappa shape index (κ3) is 4.00. The van der Waals surface area contributed by atoms with Crippen LogP contribution in [0.1, 0.15) is 12.0 Å². The number of benzene rings is 1. The van der Waals surface area contributed by atoms with Crippen LogP contribution in [0.15, 0.2) is 46.1 Å². The molecule has 1 aliphatic rings. The van der Waals surface area contributed by atoms with E-state index in [-0.39, 0.29) is 0 Å². The molecule has 1 saturated heterocycles. The summed E-state index contributed by atoms with van der Waals surface area (Å²) in [6.07, 6.45) is 1.08. The van der Waals surface area contributed by atoms with Crippen molar-refractivity contribution in [2.45, 2.75) is 19.0 Å². The monoisotopic (exact) mass is 344 g/mol. The van der Waals surface area contributed by atoms with E-state index >= 15 is 0 Å². The van der Waals surface area contributed by atoms with Crippen LogP contribution >= 0.6 is 11.3 Å². The largest absolute Gasteiger partial charge is 0.495 e. The SMILES string of the molecule is CN=C(NCc1ccsc1)NC1CCN(c2ccccc2OC)C1. The van der Waals surface area contributed by atoms with Crippen molar-refractivity contribution in [1.82, 2.24) is 10.6 Å². The summed E-state index contributed by atoms with van der Waals surface area (Å²) in [6, 6.07) is 10.7. The fourth-order valence-corrected chi connectivity index (χ4v) is 3.62. The Bertz CT molecular complexity index is 671. The molecule has 2 heterocycles. The first-order chi connectivity index (χ1) is 11.8. The Morgan fingerprint density at radius 1 is 1.38 bits per heavy atom. The van der Waals surface area contributed by atoms with Gasteiger partial charge in [0.1, 0.15) is 5.75 Å². The fraction of sp³-hybridized carbons (Fsp3) is 0.389. The number of methoxy groups -OCH3 is 1. The molecule has 0 bridgehead atoms. The number of para-hydroxylation sites is 2. The number of anilines is 1. The van der Waals surface area contributed by atoms with Crippen LogP contribution in [0.3, 0.4) is 0 Å². The molecule has 6 heteroatoms. The van der Waals surface area contributed by atoms with Gasteiger partial charge in [-0.1, -0.05) is 12.1 Å². The van der Waals surface area contributed by atoms with E-state index in [2.05, 4.69) is 49.5 Å². The predicted octanol–water partition coefficient (Wildman–Crippen LogP) is 2.70. The molecule has 128 valence electrons. The summed E-state index contributed by atoms with van der Waals surface area (Å²) in [5.41, 5.74) is 2.44.